The second-order valence-corrected chi connectivity index (χ2v) is 7.43. The van der Waals surface area contributed by atoms with Crippen LogP contribution in [0.1, 0.15) is 17.4 Å². The maximum atomic E-state index is 13.6. The molecule has 1 atom stereocenters. The van der Waals surface area contributed by atoms with Gasteiger partial charge in [-0.15, -0.1) is 5.10 Å². The molecule has 0 bridgehead atoms. The maximum absolute atomic E-state index is 13.6. The van der Waals surface area contributed by atoms with Crippen molar-refractivity contribution in [3.63, 3.8) is 0 Å². The number of halogens is 1. The van der Waals surface area contributed by atoms with Gasteiger partial charge in [-0.1, -0.05) is 12.1 Å². The Bertz CT molecular complexity index is 955. The second kappa shape index (κ2) is 9.84. The molecule has 0 spiro atoms. The zero-order valence-corrected chi connectivity index (χ0v) is 17.8. The zero-order valence-electron chi connectivity index (χ0n) is 17.8. The van der Waals surface area contributed by atoms with Crippen molar-refractivity contribution in [3.05, 3.63) is 65.7 Å². The van der Waals surface area contributed by atoms with E-state index in [2.05, 4.69) is 37.5 Å². The largest absolute Gasteiger partial charge is 0.497 e. The Balaban J connectivity index is 1.55. The Labute approximate surface area is 181 Å². The minimum Gasteiger partial charge on any atom is -0.497 e. The van der Waals surface area contributed by atoms with Gasteiger partial charge < -0.3 is 14.4 Å². The fraction of sp³-hybridized carbons (Fsp3) is 0.409. The van der Waals surface area contributed by atoms with Crippen molar-refractivity contribution in [2.75, 3.05) is 51.9 Å². The summed E-state index contributed by atoms with van der Waals surface area (Å²) in [5.41, 5.74) is 2.14. The molecule has 0 aliphatic carbocycles. The van der Waals surface area contributed by atoms with E-state index in [-0.39, 0.29) is 11.9 Å². The fourth-order valence-electron chi connectivity index (χ4n) is 3.94. The quantitative estimate of drug-likeness (QED) is 0.548. The highest BCUT2D eigenvalue weighted by atomic mass is 19.1. The van der Waals surface area contributed by atoms with Crippen molar-refractivity contribution in [1.82, 2.24) is 25.1 Å². The van der Waals surface area contributed by atoms with E-state index in [0.29, 0.717) is 13.2 Å². The van der Waals surface area contributed by atoms with Crippen LogP contribution in [0.15, 0.2) is 48.5 Å². The molecule has 1 aromatic heterocycles. The lowest BCUT2D eigenvalue weighted by molar-refractivity contribution is 0.171. The van der Waals surface area contributed by atoms with Crippen molar-refractivity contribution >= 4 is 5.69 Å². The Morgan fingerprint density at radius 2 is 1.68 bits per heavy atom. The molecule has 0 saturated carbocycles. The molecule has 1 fully saturated rings. The van der Waals surface area contributed by atoms with E-state index < -0.39 is 0 Å². The molecule has 1 saturated heterocycles. The first-order valence-electron chi connectivity index (χ1n) is 10.3. The van der Waals surface area contributed by atoms with Crippen molar-refractivity contribution in [1.29, 1.82) is 0 Å². The van der Waals surface area contributed by atoms with Gasteiger partial charge in [-0.3, -0.25) is 4.90 Å². The summed E-state index contributed by atoms with van der Waals surface area (Å²) in [5.74, 6) is 1.33. The third-order valence-corrected chi connectivity index (χ3v) is 5.61. The highest BCUT2D eigenvalue weighted by Gasteiger charge is 2.30. The molecule has 0 amide bonds. The van der Waals surface area contributed by atoms with Gasteiger partial charge in [0, 0.05) is 39.0 Å². The van der Waals surface area contributed by atoms with Crippen LogP contribution in [0.3, 0.4) is 0 Å². The van der Waals surface area contributed by atoms with Crippen molar-refractivity contribution in [3.8, 4) is 5.75 Å². The van der Waals surface area contributed by atoms with E-state index in [4.69, 9.17) is 9.47 Å². The summed E-state index contributed by atoms with van der Waals surface area (Å²) in [6.45, 7) is 4.45. The number of ether oxygens (including phenoxy) is 2. The van der Waals surface area contributed by atoms with Gasteiger partial charge in [0.2, 0.25) is 0 Å². The van der Waals surface area contributed by atoms with Crippen LogP contribution in [0.5, 0.6) is 5.75 Å². The van der Waals surface area contributed by atoms with Gasteiger partial charge in [-0.2, -0.15) is 0 Å². The Morgan fingerprint density at radius 1 is 0.968 bits per heavy atom. The molecular weight excluding hydrogens is 399 g/mol. The lowest BCUT2D eigenvalue weighted by Gasteiger charge is -2.40. The first-order chi connectivity index (χ1) is 15.2. The topological polar surface area (TPSA) is 68.5 Å². The number of nitrogens with zero attached hydrogens (tertiary/aromatic N) is 6. The normalized spacial score (nSPS) is 15.8. The van der Waals surface area contributed by atoms with E-state index >= 15 is 0 Å². The number of hydrogen-bond donors (Lipinski definition) is 0. The third-order valence-electron chi connectivity index (χ3n) is 5.61. The molecule has 4 rings (SSSR count). The minimum atomic E-state index is -0.259. The Kier molecular flexibility index (Phi) is 6.73. The summed E-state index contributed by atoms with van der Waals surface area (Å²) in [5, 5.41) is 12.4. The molecule has 8 nitrogen and oxygen atoms in total. The summed E-state index contributed by atoms with van der Waals surface area (Å²) < 4.78 is 25.8. The number of hydrogen-bond acceptors (Lipinski definition) is 7. The van der Waals surface area contributed by atoms with Crippen LogP contribution in [0.4, 0.5) is 10.1 Å². The van der Waals surface area contributed by atoms with Gasteiger partial charge in [0.05, 0.1) is 26.3 Å². The first kappa shape index (κ1) is 21.2. The van der Waals surface area contributed by atoms with E-state index in [1.165, 1.54) is 17.8 Å². The van der Waals surface area contributed by atoms with Crippen LogP contribution < -0.4 is 9.64 Å². The van der Waals surface area contributed by atoms with Crippen molar-refractivity contribution < 1.29 is 13.9 Å². The van der Waals surface area contributed by atoms with Gasteiger partial charge in [0.1, 0.15) is 11.6 Å². The average molecular weight is 426 g/mol. The zero-order chi connectivity index (χ0) is 21.6. The van der Waals surface area contributed by atoms with Crippen molar-refractivity contribution in [2.45, 2.75) is 12.6 Å². The number of anilines is 1. The predicted octanol–water partition coefficient (Wildman–Crippen LogP) is 2.38. The number of aromatic nitrogens is 4. The third kappa shape index (κ3) is 4.83. The van der Waals surface area contributed by atoms with Crippen LogP contribution >= 0.6 is 0 Å². The molecule has 2 aromatic carbocycles. The molecule has 3 aromatic rings. The van der Waals surface area contributed by atoms with Crippen molar-refractivity contribution in [2.24, 2.45) is 0 Å². The molecule has 2 heterocycles. The molecule has 31 heavy (non-hydrogen) atoms. The summed E-state index contributed by atoms with van der Waals surface area (Å²) >= 11 is 0. The molecule has 0 N–H and O–H groups in total. The van der Waals surface area contributed by atoms with Crippen LogP contribution in [0, 0.1) is 5.82 Å². The summed E-state index contributed by atoms with van der Waals surface area (Å²) in [4.78, 5) is 4.70. The van der Waals surface area contributed by atoms with Gasteiger partial charge in [-0.25, -0.2) is 9.07 Å². The Morgan fingerprint density at radius 3 is 2.32 bits per heavy atom. The van der Waals surface area contributed by atoms with E-state index in [9.17, 15) is 4.39 Å². The van der Waals surface area contributed by atoms with E-state index in [1.54, 1.807) is 18.9 Å². The minimum absolute atomic E-state index is 0.162. The van der Waals surface area contributed by atoms with Crippen LogP contribution in [0.2, 0.25) is 0 Å². The molecule has 1 aliphatic rings. The van der Waals surface area contributed by atoms with Gasteiger partial charge >= 0.3 is 0 Å². The molecule has 0 radical (unpaired) electrons. The van der Waals surface area contributed by atoms with E-state index in [0.717, 1.165) is 43.3 Å². The summed E-state index contributed by atoms with van der Waals surface area (Å²) in [6, 6.07) is 14.5. The van der Waals surface area contributed by atoms with Gasteiger partial charge in [-0.05, 0) is 52.4 Å². The first-order valence-corrected chi connectivity index (χ1v) is 10.3. The fourth-order valence-corrected chi connectivity index (χ4v) is 3.94. The molecule has 0 unspecified atom stereocenters. The number of benzene rings is 2. The average Bonchev–Trinajstić information content (AvgIpc) is 3.27. The number of piperazine rings is 1. The van der Waals surface area contributed by atoms with Gasteiger partial charge in [0.15, 0.2) is 5.82 Å². The lowest BCUT2D eigenvalue weighted by atomic mass is 10.0. The summed E-state index contributed by atoms with van der Waals surface area (Å²) in [6.07, 6.45) is 0. The van der Waals surface area contributed by atoms with E-state index in [1.807, 2.05) is 24.3 Å². The summed E-state index contributed by atoms with van der Waals surface area (Å²) in [7, 11) is 3.32. The highest BCUT2D eigenvalue weighted by Crippen LogP contribution is 2.29. The molecular formula is C22H27FN6O2. The monoisotopic (exact) mass is 426 g/mol. The molecule has 164 valence electrons. The standard InChI is InChI=1S/C22H27FN6O2/c1-30-16-15-29-22(24-25-26-29)21(17-3-5-18(23)6-4-17)28-13-11-27(12-14-28)19-7-9-20(31-2)10-8-19/h3-10,21H,11-16H2,1-2H3/t21-/m1/s1. The van der Waals surface area contributed by atoms with Crippen LogP contribution in [-0.2, 0) is 11.3 Å². The highest BCUT2D eigenvalue weighted by molar-refractivity contribution is 5.49. The smallest absolute Gasteiger partial charge is 0.173 e. The number of rotatable bonds is 8. The predicted molar refractivity (Wildman–Crippen MR) is 115 cm³/mol. The lowest BCUT2D eigenvalue weighted by Crippen LogP contribution is -2.48. The number of tetrazole rings is 1. The van der Waals surface area contributed by atoms with Gasteiger partial charge in [0.25, 0.3) is 0 Å². The van der Waals surface area contributed by atoms with Crippen LogP contribution in [-0.4, -0.2) is 72.1 Å². The second-order valence-electron chi connectivity index (χ2n) is 7.43. The molecule has 1 aliphatic heterocycles. The van der Waals surface area contributed by atoms with Crippen LogP contribution in [0.25, 0.3) is 0 Å². The number of methoxy groups -OCH3 is 2. The SMILES string of the molecule is COCCn1nnnc1[C@@H](c1ccc(F)cc1)N1CCN(c2ccc(OC)cc2)CC1. The molecule has 9 heteroatoms. The Hall–Kier alpha value is -3.04. The maximum Gasteiger partial charge on any atom is 0.173 e.